The number of nitrogens with one attached hydrogen (secondary N) is 1. The zero-order chi connectivity index (χ0) is 28.1. The van der Waals surface area contributed by atoms with Gasteiger partial charge in [0.2, 0.25) is 17.7 Å². The van der Waals surface area contributed by atoms with Crippen LogP contribution < -0.4 is 16.8 Å². The summed E-state index contributed by atoms with van der Waals surface area (Å²) >= 11 is 0. The Morgan fingerprint density at radius 3 is 2.10 bits per heavy atom. The first-order chi connectivity index (χ1) is 18.6. The van der Waals surface area contributed by atoms with Crippen LogP contribution in [0, 0.1) is 17.2 Å². The van der Waals surface area contributed by atoms with Gasteiger partial charge in [-0.15, -0.1) is 0 Å². The molecule has 2 aliphatic carbocycles. The number of nitrogens with two attached hydrogens (primary N) is 2. The lowest BCUT2D eigenvalue weighted by molar-refractivity contribution is -0.142. The van der Waals surface area contributed by atoms with Gasteiger partial charge in [0.05, 0.1) is 12.6 Å². The number of hydrogen-bond donors (Lipinski definition) is 4. The molecule has 0 spiro atoms. The summed E-state index contributed by atoms with van der Waals surface area (Å²) < 4.78 is 0. The Morgan fingerprint density at radius 1 is 1.05 bits per heavy atom. The van der Waals surface area contributed by atoms with Gasteiger partial charge in [-0.25, -0.2) is 0 Å². The van der Waals surface area contributed by atoms with E-state index in [1.54, 1.807) is 29.2 Å². The van der Waals surface area contributed by atoms with Crippen molar-refractivity contribution < 1.29 is 24.3 Å². The topological polar surface area (TPSA) is 180 Å². The summed E-state index contributed by atoms with van der Waals surface area (Å²) in [4.78, 5) is 51.8. The number of fused-ring (bicyclic) bond motifs is 3. The highest BCUT2D eigenvalue weighted by atomic mass is 16.4. The van der Waals surface area contributed by atoms with E-state index in [0.717, 1.165) is 6.42 Å². The fourth-order valence-electron chi connectivity index (χ4n) is 6.51. The van der Waals surface area contributed by atoms with E-state index in [9.17, 15) is 29.5 Å². The van der Waals surface area contributed by atoms with E-state index in [4.69, 9.17) is 11.5 Å². The number of likely N-dealkylation sites (tertiary alicyclic amines) is 1. The van der Waals surface area contributed by atoms with Crippen LogP contribution in [0.15, 0.2) is 36.4 Å². The lowest BCUT2D eigenvalue weighted by Crippen LogP contribution is -2.48. The lowest BCUT2D eigenvalue weighted by Gasteiger charge is -2.35. The maximum absolute atomic E-state index is 13.3. The Kier molecular flexibility index (Phi) is 6.64. The molecule has 6 N–H and O–H groups in total. The molecule has 1 heterocycles. The summed E-state index contributed by atoms with van der Waals surface area (Å²) in [5.74, 6) is -2.07. The summed E-state index contributed by atoms with van der Waals surface area (Å²) in [6, 6.07) is 11.1. The van der Waals surface area contributed by atoms with E-state index in [1.165, 1.54) is 12.1 Å². The molecule has 2 fully saturated rings. The minimum atomic E-state index is -1.53. The van der Waals surface area contributed by atoms with Crippen molar-refractivity contribution in [3.05, 3.63) is 69.8 Å². The minimum absolute atomic E-state index is 0.0147. The van der Waals surface area contributed by atoms with E-state index < -0.39 is 35.3 Å². The van der Waals surface area contributed by atoms with Crippen LogP contribution >= 0.6 is 0 Å². The normalized spacial score (nSPS) is 22.9. The molecule has 0 bridgehead atoms. The summed E-state index contributed by atoms with van der Waals surface area (Å²) in [5, 5.41) is 23.5. The predicted octanol–water partition coefficient (Wildman–Crippen LogP) is 1.23. The molecule has 202 valence electrons. The molecule has 10 nitrogen and oxygen atoms in total. The maximum Gasteiger partial charge on any atom is 0.318 e. The molecule has 1 saturated carbocycles. The number of carbonyl (C=O) groups excluding carboxylic acids is 3. The van der Waals surface area contributed by atoms with Crippen LogP contribution in [-0.4, -0.2) is 58.4 Å². The van der Waals surface area contributed by atoms with Gasteiger partial charge in [0.25, 0.3) is 0 Å². The molecule has 0 radical (unpaired) electrons. The average molecular weight is 530 g/mol. The highest BCUT2D eigenvalue weighted by Gasteiger charge is 2.54. The molecule has 0 aromatic heterocycles. The molecule has 2 aromatic carbocycles. The molecule has 3 amide bonds. The van der Waals surface area contributed by atoms with Crippen LogP contribution in [0.1, 0.15) is 69.2 Å². The SMILES string of the molecule is C[C@H](CC1(C(=O)O)c2ccc(C(N)=O)cc2CCc2cc(C(N)=O)ccc21)NCC(=O)N1C(C#N)C[C@@H]2C[C@@H]21. The first-order valence-electron chi connectivity index (χ1n) is 13.1. The van der Waals surface area contributed by atoms with Gasteiger partial charge in [0.1, 0.15) is 11.5 Å². The van der Waals surface area contributed by atoms with Crippen molar-refractivity contribution in [1.82, 2.24) is 10.2 Å². The summed E-state index contributed by atoms with van der Waals surface area (Å²) in [6.45, 7) is 1.81. The van der Waals surface area contributed by atoms with E-state index in [1.807, 2.05) is 6.92 Å². The van der Waals surface area contributed by atoms with Crippen molar-refractivity contribution in [3.63, 3.8) is 0 Å². The zero-order valence-electron chi connectivity index (χ0n) is 21.6. The summed E-state index contributed by atoms with van der Waals surface area (Å²) in [7, 11) is 0. The first kappa shape index (κ1) is 26.4. The Balaban J connectivity index is 1.50. The van der Waals surface area contributed by atoms with E-state index >= 15 is 0 Å². The molecular weight excluding hydrogens is 498 g/mol. The number of hydrogen-bond acceptors (Lipinski definition) is 6. The monoisotopic (exact) mass is 529 g/mol. The Bertz CT molecular complexity index is 1360. The van der Waals surface area contributed by atoms with Gasteiger partial charge in [-0.05, 0) is 91.5 Å². The standard InChI is InChI=1S/C29H31N5O5/c1-15(33-14-25(35)34-21(13-30)10-20-11-24(20)34)12-29(28(38)39)22-6-4-18(26(31)36)8-16(22)2-3-17-9-19(27(32)37)5-7-23(17)29/h4-9,15,20-21,24,33H,2-3,10-12,14H2,1H3,(H2,31,36)(H2,32,37)(H,38,39)/t15-,20-,21?,24+/m1/s1. The molecule has 1 unspecified atom stereocenters. The number of benzene rings is 2. The number of primary amides is 2. The summed E-state index contributed by atoms with van der Waals surface area (Å²) in [6.07, 6.45) is 2.60. The molecule has 5 rings (SSSR count). The van der Waals surface area contributed by atoms with Crippen molar-refractivity contribution in [2.45, 2.75) is 62.6 Å². The van der Waals surface area contributed by atoms with Crippen LogP contribution in [0.3, 0.4) is 0 Å². The number of aryl methyl sites for hydroxylation is 2. The zero-order valence-corrected chi connectivity index (χ0v) is 21.6. The molecule has 2 aromatic rings. The van der Waals surface area contributed by atoms with Crippen LogP contribution in [-0.2, 0) is 27.8 Å². The fourth-order valence-corrected chi connectivity index (χ4v) is 6.51. The van der Waals surface area contributed by atoms with Crippen molar-refractivity contribution in [2.24, 2.45) is 17.4 Å². The molecule has 1 saturated heterocycles. The third-order valence-electron chi connectivity index (χ3n) is 8.48. The number of nitriles is 1. The molecule has 3 aliphatic rings. The van der Waals surface area contributed by atoms with Gasteiger partial charge in [-0.2, -0.15) is 5.26 Å². The van der Waals surface area contributed by atoms with Crippen molar-refractivity contribution in [1.29, 1.82) is 5.26 Å². The Hall–Kier alpha value is -4.23. The van der Waals surface area contributed by atoms with Gasteiger partial charge in [0, 0.05) is 23.2 Å². The lowest BCUT2D eigenvalue weighted by atomic mass is 9.68. The van der Waals surface area contributed by atoms with E-state index in [-0.39, 0.29) is 36.0 Å². The fraction of sp³-hybridized carbons (Fsp3) is 0.414. The Morgan fingerprint density at radius 2 is 1.62 bits per heavy atom. The van der Waals surface area contributed by atoms with Gasteiger partial charge in [0.15, 0.2) is 0 Å². The van der Waals surface area contributed by atoms with Crippen molar-refractivity contribution >= 4 is 23.7 Å². The molecule has 4 atom stereocenters. The van der Waals surface area contributed by atoms with Crippen LogP contribution in [0.4, 0.5) is 0 Å². The number of amides is 3. The number of aliphatic carboxylic acids is 1. The molecule has 1 aliphatic heterocycles. The highest BCUT2D eigenvalue weighted by Crippen LogP contribution is 2.48. The van der Waals surface area contributed by atoms with E-state index in [0.29, 0.717) is 47.4 Å². The van der Waals surface area contributed by atoms with Gasteiger partial charge >= 0.3 is 5.97 Å². The van der Waals surface area contributed by atoms with Crippen molar-refractivity contribution in [2.75, 3.05) is 6.54 Å². The first-order valence-corrected chi connectivity index (χ1v) is 13.1. The van der Waals surface area contributed by atoms with Crippen LogP contribution in [0.25, 0.3) is 0 Å². The predicted molar refractivity (Wildman–Crippen MR) is 141 cm³/mol. The number of carboxylic acids is 1. The number of carboxylic acid groups (broad SMARTS) is 1. The Labute approximate surface area is 225 Å². The maximum atomic E-state index is 13.3. The molecule has 10 heteroatoms. The highest BCUT2D eigenvalue weighted by molar-refractivity contribution is 5.95. The third-order valence-corrected chi connectivity index (χ3v) is 8.48. The summed E-state index contributed by atoms with van der Waals surface area (Å²) in [5.41, 5.74) is 12.5. The van der Waals surface area contributed by atoms with Crippen LogP contribution in [0.5, 0.6) is 0 Å². The second-order valence-corrected chi connectivity index (χ2v) is 10.9. The van der Waals surface area contributed by atoms with Gasteiger partial charge in [-0.1, -0.05) is 12.1 Å². The second-order valence-electron chi connectivity index (χ2n) is 10.9. The largest absolute Gasteiger partial charge is 0.480 e. The smallest absolute Gasteiger partial charge is 0.318 e. The van der Waals surface area contributed by atoms with Crippen molar-refractivity contribution in [3.8, 4) is 6.07 Å². The number of rotatable bonds is 8. The number of carbonyl (C=O) groups is 4. The number of piperidine rings is 1. The second kappa shape index (κ2) is 9.82. The third kappa shape index (κ3) is 4.53. The van der Waals surface area contributed by atoms with E-state index in [2.05, 4.69) is 11.4 Å². The molecular formula is C29H31N5O5. The minimum Gasteiger partial charge on any atom is -0.480 e. The number of nitrogens with zero attached hydrogens (tertiary/aromatic N) is 2. The van der Waals surface area contributed by atoms with Gasteiger partial charge in [-0.3, -0.25) is 19.2 Å². The average Bonchev–Trinajstić information content (AvgIpc) is 3.60. The van der Waals surface area contributed by atoms with Crippen LogP contribution in [0.2, 0.25) is 0 Å². The molecule has 39 heavy (non-hydrogen) atoms. The van der Waals surface area contributed by atoms with Gasteiger partial charge < -0.3 is 26.8 Å². The quantitative estimate of drug-likeness (QED) is 0.397.